The van der Waals surface area contributed by atoms with Crippen LogP contribution in [0.1, 0.15) is 11.1 Å². The maximum atomic E-state index is 3.72. The minimum Gasteiger partial charge on any atom is -0.387 e. The van der Waals surface area contributed by atoms with E-state index >= 15 is 0 Å². The Morgan fingerprint density at radius 3 is 2.69 bits per heavy atom. The van der Waals surface area contributed by atoms with E-state index < -0.39 is 0 Å². The van der Waals surface area contributed by atoms with Crippen molar-refractivity contribution in [2.75, 3.05) is 0 Å². The van der Waals surface area contributed by atoms with E-state index in [2.05, 4.69) is 42.7 Å². The van der Waals surface area contributed by atoms with Crippen LogP contribution >= 0.6 is 0 Å². The Balaban J connectivity index is 2.66. The first-order chi connectivity index (χ1) is 6.36. The fourth-order valence-electron chi connectivity index (χ4n) is 1.22. The van der Waals surface area contributed by atoms with E-state index in [4.69, 9.17) is 0 Å². The molecule has 1 aromatic rings. The molecular weight excluding hydrogens is 158 g/mol. The van der Waals surface area contributed by atoms with Crippen molar-refractivity contribution in [1.29, 1.82) is 0 Å². The number of benzene rings is 1. The summed E-state index contributed by atoms with van der Waals surface area (Å²) in [5.41, 5.74) is 2.58. The Hall–Kier alpha value is -1.50. The molecule has 0 amide bonds. The lowest BCUT2D eigenvalue weighted by Gasteiger charge is -2.03. The van der Waals surface area contributed by atoms with Gasteiger partial charge in [-0.05, 0) is 23.7 Å². The zero-order chi connectivity index (χ0) is 9.52. The highest BCUT2D eigenvalue weighted by molar-refractivity contribution is 5.24. The predicted octanol–water partition coefficient (Wildman–Crippen LogP) is 2.65. The lowest BCUT2D eigenvalue weighted by molar-refractivity contribution is 0.870. The minimum absolute atomic E-state index is 0.842. The SMILES string of the molecule is C=CCc1cccc(CNC=C)c1. The summed E-state index contributed by atoms with van der Waals surface area (Å²) >= 11 is 0. The third-order valence-electron chi connectivity index (χ3n) is 1.82. The van der Waals surface area contributed by atoms with Gasteiger partial charge in [0.1, 0.15) is 0 Å². The molecule has 1 nitrogen and oxygen atoms in total. The van der Waals surface area contributed by atoms with Crippen LogP contribution in [0.4, 0.5) is 0 Å². The second kappa shape index (κ2) is 5.20. The van der Waals surface area contributed by atoms with Crippen LogP contribution in [0.15, 0.2) is 49.7 Å². The molecule has 1 rings (SSSR count). The summed E-state index contributed by atoms with van der Waals surface area (Å²) in [6.45, 7) is 8.16. The van der Waals surface area contributed by atoms with E-state index in [1.54, 1.807) is 6.20 Å². The summed E-state index contributed by atoms with van der Waals surface area (Å²) in [4.78, 5) is 0. The van der Waals surface area contributed by atoms with Crippen molar-refractivity contribution in [2.45, 2.75) is 13.0 Å². The standard InChI is InChI=1S/C12H15N/c1-3-6-11-7-5-8-12(9-11)10-13-4-2/h3-5,7-9,13H,1-2,6,10H2. The Morgan fingerprint density at radius 2 is 2.00 bits per heavy atom. The van der Waals surface area contributed by atoms with Gasteiger partial charge in [0, 0.05) is 6.54 Å². The number of rotatable bonds is 5. The highest BCUT2D eigenvalue weighted by atomic mass is 14.8. The summed E-state index contributed by atoms with van der Waals surface area (Å²) in [7, 11) is 0. The van der Waals surface area contributed by atoms with Gasteiger partial charge in [-0.15, -0.1) is 6.58 Å². The second-order valence-electron chi connectivity index (χ2n) is 2.90. The molecule has 0 aliphatic carbocycles. The van der Waals surface area contributed by atoms with E-state index in [1.165, 1.54) is 11.1 Å². The van der Waals surface area contributed by atoms with Gasteiger partial charge < -0.3 is 5.32 Å². The molecule has 0 fully saturated rings. The Labute approximate surface area is 79.8 Å². The molecule has 1 heteroatoms. The van der Waals surface area contributed by atoms with Gasteiger partial charge in [0.05, 0.1) is 0 Å². The van der Waals surface area contributed by atoms with Crippen molar-refractivity contribution >= 4 is 0 Å². The largest absolute Gasteiger partial charge is 0.387 e. The minimum atomic E-state index is 0.842. The molecule has 0 saturated carbocycles. The molecule has 0 aliphatic rings. The van der Waals surface area contributed by atoms with Crippen LogP contribution in [0.25, 0.3) is 0 Å². The first kappa shape index (κ1) is 9.59. The van der Waals surface area contributed by atoms with E-state index in [0.29, 0.717) is 0 Å². The van der Waals surface area contributed by atoms with Crippen molar-refractivity contribution in [2.24, 2.45) is 0 Å². The highest BCUT2D eigenvalue weighted by Gasteiger charge is 1.92. The number of hydrogen-bond acceptors (Lipinski definition) is 1. The lowest BCUT2D eigenvalue weighted by Crippen LogP contribution is -2.03. The van der Waals surface area contributed by atoms with Crippen LogP contribution in [0.2, 0.25) is 0 Å². The van der Waals surface area contributed by atoms with Crippen molar-refractivity contribution < 1.29 is 0 Å². The van der Waals surface area contributed by atoms with Gasteiger partial charge in [0.15, 0.2) is 0 Å². The van der Waals surface area contributed by atoms with Gasteiger partial charge in [-0.2, -0.15) is 0 Å². The molecule has 0 aliphatic heterocycles. The Morgan fingerprint density at radius 1 is 1.23 bits per heavy atom. The normalized spacial score (nSPS) is 9.23. The second-order valence-corrected chi connectivity index (χ2v) is 2.90. The van der Waals surface area contributed by atoms with Gasteiger partial charge in [-0.3, -0.25) is 0 Å². The average Bonchev–Trinajstić information content (AvgIpc) is 2.16. The van der Waals surface area contributed by atoms with Crippen molar-refractivity contribution in [1.82, 2.24) is 5.32 Å². The molecule has 13 heavy (non-hydrogen) atoms. The van der Waals surface area contributed by atoms with E-state index in [0.717, 1.165) is 13.0 Å². The van der Waals surface area contributed by atoms with E-state index in [-0.39, 0.29) is 0 Å². The Bertz CT molecular complexity index is 289. The molecular formula is C12H15N. The smallest absolute Gasteiger partial charge is 0.0395 e. The van der Waals surface area contributed by atoms with Gasteiger partial charge in [-0.1, -0.05) is 36.9 Å². The molecule has 68 valence electrons. The molecule has 0 saturated heterocycles. The van der Waals surface area contributed by atoms with Crippen molar-refractivity contribution in [3.63, 3.8) is 0 Å². The molecule has 0 aromatic heterocycles. The molecule has 0 bridgehead atoms. The molecule has 1 N–H and O–H groups in total. The van der Waals surface area contributed by atoms with Crippen molar-refractivity contribution in [3.05, 3.63) is 60.8 Å². The maximum absolute atomic E-state index is 3.72. The lowest BCUT2D eigenvalue weighted by atomic mass is 10.1. The Kier molecular flexibility index (Phi) is 3.83. The van der Waals surface area contributed by atoms with Crippen LogP contribution in [0, 0.1) is 0 Å². The summed E-state index contributed by atoms with van der Waals surface area (Å²) in [5, 5.41) is 3.07. The molecule has 0 atom stereocenters. The summed E-state index contributed by atoms with van der Waals surface area (Å²) < 4.78 is 0. The van der Waals surface area contributed by atoms with E-state index in [1.807, 2.05) is 6.08 Å². The van der Waals surface area contributed by atoms with Crippen LogP contribution in [-0.2, 0) is 13.0 Å². The average molecular weight is 173 g/mol. The maximum Gasteiger partial charge on any atom is 0.0395 e. The predicted molar refractivity (Wildman–Crippen MR) is 57.4 cm³/mol. The molecule has 1 aromatic carbocycles. The first-order valence-corrected chi connectivity index (χ1v) is 4.40. The fourth-order valence-corrected chi connectivity index (χ4v) is 1.22. The van der Waals surface area contributed by atoms with Crippen LogP contribution < -0.4 is 5.32 Å². The zero-order valence-corrected chi connectivity index (χ0v) is 7.79. The monoisotopic (exact) mass is 173 g/mol. The topological polar surface area (TPSA) is 12.0 Å². The fraction of sp³-hybridized carbons (Fsp3) is 0.167. The van der Waals surface area contributed by atoms with Gasteiger partial charge >= 0.3 is 0 Å². The quantitative estimate of drug-likeness (QED) is 0.675. The summed E-state index contributed by atoms with van der Waals surface area (Å²) in [5.74, 6) is 0. The summed E-state index contributed by atoms with van der Waals surface area (Å²) in [6.07, 6.45) is 4.56. The number of hydrogen-bond donors (Lipinski definition) is 1. The molecule has 0 spiro atoms. The van der Waals surface area contributed by atoms with Gasteiger partial charge in [0.25, 0.3) is 0 Å². The molecule has 0 heterocycles. The first-order valence-electron chi connectivity index (χ1n) is 4.40. The van der Waals surface area contributed by atoms with Gasteiger partial charge in [-0.25, -0.2) is 0 Å². The highest BCUT2D eigenvalue weighted by Crippen LogP contribution is 2.05. The third-order valence-corrected chi connectivity index (χ3v) is 1.82. The molecule has 0 unspecified atom stereocenters. The van der Waals surface area contributed by atoms with Crippen LogP contribution in [0.3, 0.4) is 0 Å². The zero-order valence-electron chi connectivity index (χ0n) is 7.79. The summed E-state index contributed by atoms with van der Waals surface area (Å²) in [6, 6.07) is 8.46. The van der Waals surface area contributed by atoms with Gasteiger partial charge in [0.2, 0.25) is 0 Å². The third kappa shape index (κ3) is 3.16. The molecule has 0 radical (unpaired) electrons. The van der Waals surface area contributed by atoms with Crippen LogP contribution in [0.5, 0.6) is 0 Å². The number of nitrogens with one attached hydrogen (secondary N) is 1. The number of allylic oxidation sites excluding steroid dienone is 1. The van der Waals surface area contributed by atoms with Crippen LogP contribution in [-0.4, -0.2) is 0 Å². The van der Waals surface area contributed by atoms with E-state index in [9.17, 15) is 0 Å². The van der Waals surface area contributed by atoms with Crippen molar-refractivity contribution in [3.8, 4) is 0 Å².